The minimum atomic E-state index is -4.58. The monoisotopic (exact) mass is 791 g/mol. The quantitative estimate of drug-likeness (QED) is 0.0687. The summed E-state index contributed by atoms with van der Waals surface area (Å²) in [5.74, 6) is -1.13. The van der Waals surface area contributed by atoms with E-state index in [1.807, 2.05) is 43.7 Å². The van der Waals surface area contributed by atoms with Crippen molar-refractivity contribution >= 4 is 28.9 Å². The molecule has 1 amide bonds. The maximum absolute atomic E-state index is 17.0. The van der Waals surface area contributed by atoms with Crippen LogP contribution in [0.3, 0.4) is 0 Å². The number of carbonyl (C=O) groups excluding carboxylic acids is 2. The van der Waals surface area contributed by atoms with E-state index in [1.165, 1.54) is 6.07 Å². The number of aromatic nitrogens is 5. The Labute approximate surface area is 329 Å². The van der Waals surface area contributed by atoms with E-state index in [0.29, 0.717) is 66.4 Å². The van der Waals surface area contributed by atoms with Crippen LogP contribution in [0.2, 0.25) is 0 Å². The second-order valence-corrected chi connectivity index (χ2v) is 15.2. The molecule has 0 spiro atoms. The molecule has 0 saturated heterocycles. The third-order valence-electron chi connectivity index (χ3n) is 10.0. The Kier molecular flexibility index (Phi) is 12.2. The van der Waals surface area contributed by atoms with Gasteiger partial charge in [0.25, 0.3) is 0 Å². The van der Waals surface area contributed by atoms with Crippen LogP contribution >= 0.6 is 0 Å². The van der Waals surface area contributed by atoms with Crippen LogP contribution in [0.4, 0.5) is 28.3 Å². The number of nitrogens with zero attached hydrogens (tertiary/aromatic N) is 5. The van der Waals surface area contributed by atoms with E-state index in [2.05, 4.69) is 20.3 Å². The Morgan fingerprint density at radius 2 is 1.70 bits per heavy atom. The molecule has 0 aliphatic carbocycles. The van der Waals surface area contributed by atoms with Crippen molar-refractivity contribution in [3.05, 3.63) is 88.3 Å². The molecule has 2 N–H and O–H groups in total. The standard InChI is InChI=1S/C42H49F4N7O4/c1-7-10-11-15-33(50-40(55)57-41(4,5)6)38(54)56-24-27-20-31(43)34(29-16-18-47-35(27)29)37-30-23-52(39-48-21-28(22-49-39)42(44,45)46)19-17-32(30)51-53(37)36-25(8-2)13-12-14-26(36)9-3/h12-14,16,18,20-22,33,47H,7-11,15,17,19,23-24H2,1-6H3,(H,50,55)/t33-/m0/s1. The smallest absolute Gasteiger partial charge is 0.419 e. The van der Waals surface area contributed by atoms with Gasteiger partial charge in [-0.3, -0.25) is 0 Å². The number of fused-ring (bicyclic) bond motifs is 2. The zero-order valence-corrected chi connectivity index (χ0v) is 33.1. The number of rotatable bonds is 13. The summed E-state index contributed by atoms with van der Waals surface area (Å²) in [6.45, 7) is 11.6. The molecule has 0 bridgehead atoms. The number of aromatic amines is 1. The number of amides is 1. The van der Waals surface area contributed by atoms with Gasteiger partial charge in [-0.2, -0.15) is 18.3 Å². The molecule has 1 aliphatic rings. The second-order valence-electron chi connectivity index (χ2n) is 15.2. The number of esters is 1. The number of anilines is 1. The number of aryl methyl sites for hydroxylation is 2. The fourth-order valence-corrected chi connectivity index (χ4v) is 7.25. The Bertz CT molecular complexity index is 2200. The van der Waals surface area contributed by atoms with Gasteiger partial charge >= 0.3 is 18.2 Å². The van der Waals surface area contributed by atoms with Crippen LogP contribution in [0.5, 0.6) is 0 Å². The topological polar surface area (TPSA) is 127 Å². The number of alkyl halides is 3. The number of hydrogen-bond acceptors (Lipinski definition) is 8. The highest BCUT2D eigenvalue weighted by Crippen LogP contribution is 2.41. The van der Waals surface area contributed by atoms with Crippen molar-refractivity contribution in [3.63, 3.8) is 0 Å². The molecule has 57 heavy (non-hydrogen) atoms. The first-order chi connectivity index (χ1) is 27.1. The van der Waals surface area contributed by atoms with E-state index in [1.54, 1.807) is 37.9 Å². The molecule has 0 unspecified atom stereocenters. The lowest BCUT2D eigenvalue weighted by atomic mass is 9.95. The lowest BCUT2D eigenvalue weighted by molar-refractivity contribution is -0.147. The minimum Gasteiger partial charge on any atom is -0.459 e. The van der Waals surface area contributed by atoms with Crippen LogP contribution in [0.1, 0.15) is 101 Å². The van der Waals surface area contributed by atoms with Crippen LogP contribution < -0.4 is 10.2 Å². The van der Waals surface area contributed by atoms with Gasteiger partial charge in [0.15, 0.2) is 0 Å². The summed E-state index contributed by atoms with van der Waals surface area (Å²) in [4.78, 5) is 39.1. The van der Waals surface area contributed by atoms with Crippen LogP contribution in [0.15, 0.2) is 48.9 Å². The number of benzene rings is 2. The van der Waals surface area contributed by atoms with Gasteiger partial charge in [0.1, 0.15) is 24.1 Å². The molecule has 15 heteroatoms. The summed E-state index contributed by atoms with van der Waals surface area (Å²) in [5.41, 5.74) is 4.28. The number of unbranched alkanes of at least 4 members (excludes halogenated alkanes) is 2. The van der Waals surface area contributed by atoms with Crippen molar-refractivity contribution < 1.29 is 36.6 Å². The van der Waals surface area contributed by atoms with Crippen molar-refractivity contribution in [3.8, 4) is 16.9 Å². The Hall–Kier alpha value is -5.47. The zero-order valence-electron chi connectivity index (χ0n) is 33.1. The van der Waals surface area contributed by atoms with E-state index in [-0.39, 0.29) is 24.7 Å². The van der Waals surface area contributed by atoms with Gasteiger partial charge < -0.3 is 24.7 Å². The first kappa shape index (κ1) is 41.2. The fourth-order valence-electron chi connectivity index (χ4n) is 7.25. The molecule has 0 radical (unpaired) electrons. The van der Waals surface area contributed by atoms with Crippen molar-refractivity contribution in [1.82, 2.24) is 30.0 Å². The molecular weight excluding hydrogens is 742 g/mol. The normalized spacial score (nSPS) is 13.8. The molecule has 0 saturated carbocycles. The molecule has 3 aromatic heterocycles. The molecule has 304 valence electrons. The third-order valence-corrected chi connectivity index (χ3v) is 10.0. The van der Waals surface area contributed by atoms with Crippen LogP contribution in [0.25, 0.3) is 27.8 Å². The number of ether oxygens (including phenoxy) is 2. The van der Waals surface area contributed by atoms with Gasteiger partial charge in [-0.05, 0) is 63.3 Å². The maximum atomic E-state index is 17.0. The summed E-state index contributed by atoms with van der Waals surface area (Å²) >= 11 is 0. The van der Waals surface area contributed by atoms with Gasteiger partial charge in [0.05, 0.1) is 28.2 Å². The van der Waals surface area contributed by atoms with Gasteiger partial charge in [-0.15, -0.1) is 0 Å². The summed E-state index contributed by atoms with van der Waals surface area (Å²) in [7, 11) is 0. The van der Waals surface area contributed by atoms with Gasteiger partial charge in [-0.25, -0.2) is 28.6 Å². The molecule has 2 aromatic carbocycles. The molecule has 4 heterocycles. The maximum Gasteiger partial charge on any atom is 0.419 e. The number of para-hydroxylation sites is 1. The molecule has 1 atom stereocenters. The van der Waals surface area contributed by atoms with Crippen LogP contribution in [0, 0.1) is 5.82 Å². The predicted octanol–water partition coefficient (Wildman–Crippen LogP) is 9.17. The molecule has 1 aliphatic heterocycles. The highest BCUT2D eigenvalue weighted by Gasteiger charge is 2.34. The highest BCUT2D eigenvalue weighted by atomic mass is 19.4. The second kappa shape index (κ2) is 16.9. The van der Waals surface area contributed by atoms with Crippen molar-refractivity contribution in [2.45, 2.75) is 117 Å². The molecule has 0 fully saturated rings. The first-order valence-electron chi connectivity index (χ1n) is 19.4. The number of halogens is 4. The van der Waals surface area contributed by atoms with Gasteiger partial charge in [-0.1, -0.05) is 58.2 Å². The fraction of sp³-hybridized carbons (Fsp3) is 0.452. The van der Waals surface area contributed by atoms with E-state index in [0.717, 1.165) is 47.7 Å². The predicted molar refractivity (Wildman–Crippen MR) is 208 cm³/mol. The van der Waals surface area contributed by atoms with Gasteiger partial charge in [0, 0.05) is 60.2 Å². The minimum absolute atomic E-state index is 0.120. The highest BCUT2D eigenvalue weighted by molar-refractivity contribution is 5.98. The van der Waals surface area contributed by atoms with Crippen molar-refractivity contribution in [1.29, 1.82) is 0 Å². The Morgan fingerprint density at radius 1 is 1.00 bits per heavy atom. The number of nitrogens with one attached hydrogen (secondary N) is 2. The van der Waals surface area contributed by atoms with E-state index >= 15 is 4.39 Å². The van der Waals surface area contributed by atoms with Crippen molar-refractivity contribution in [2.24, 2.45) is 0 Å². The third kappa shape index (κ3) is 9.07. The lowest BCUT2D eigenvalue weighted by Crippen LogP contribution is -2.44. The zero-order chi connectivity index (χ0) is 41.1. The average molecular weight is 792 g/mol. The van der Waals surface area contributed by atoms with Gasteiger partial charge in [0.2, 0.25) is 5.95 Å². The summed E-state index contributed by atoms with van der Waals surface area (Å²) in [6.07, 6.45) is 2.49. The lowest BCUT2D eigenvalue weighted by Gasteiger charge is -2.27. The number of alkyl carbamates (subject to hydrolysis) is 1. The number of carbonyl (C=O) groups is 2. The largest absolute Gasteiger partial charge is 0.459 e. The Morgan fingerprint density at radius 3 is 2.33 bits per heavy atom. The van der Waals surface area contributed by atoms with E-state index < -0.39 is 41.3 Å². The summed E-state index contributed by atoms with van der Waals surface area (Å²) < 4.78 is 70.0. The van der Waals surface area contributed by atoms with E-state index in [9.17, 15) is 22.8 Å². The van der Waals surface area contributed by atoms with Crippen LogP contribution in [-0.4, -0.2) is 55.0 Å². The molecular formula is C42H49F4N7O4. The number of H-pyrrole nitrogens is 1. The number of hydrogen-bond donors (Lipinski definition) is 2. The van der Waals surface area contributed by atoms with Crippen LogP contribution in [-0.2, 0) is 52.9 Å². The molecule has 6 rings (SSSR count). The summed E-state index contributed by atoms with van der Waals surface area (Å²) in [6, 6.07) is 8.17. The Balaban J connectivity index is 1.40. The summed E-state index contributed by atoms with van der Waals surface area (Å²) in [5, 5.41) is 8.27. The average Bonchev–Trinajstić information content (AvgIpc) is 3.80. The molecule has 5 aromatic rings. The SMILES string of the molecule is CCCCC[C@H](NC(=O)OC(C)(C)C)C(=O)OCc1cc(F)c(-c2c3c(nn2-c2c(CC)cccc2CC)CCN(c2ncc(C(F)(F)F)cn2)C3)c2cc[nH]c12. The van der Waals surface area contributed by atoms with Crippen molar-refractivity contribution in [2.75, 3.05) is 11.4 Å². The first-order valence-corrected chi connectivity index (χ1v) is 19.4. The molecule has 11 nitrogen and oxygen atoms in total. The van der Waals surface area contributed by atoms with E-state index in [4.69, 9.17) is 14.6 Å².